The number of amides is 1. The predicted molar refractivity (Wildman–Crippen MR) is 115 cm³/mol. The topological polar surface area (TPSA) is 125 Å². The van der Waals surface area contributed by atoms with Gasteiger partial charge in [0.25, 0.3) is 15.9 Å². The number of aliphatic carboxylic acids is 1. The van der Waals surface area contributed by atoms with Crippen LogP contribution in [0.25, 0.3) is 0 Å². The lowest BCUT2D eigenvalue weighted by molar-refractivity contribution is -0.192. The van der Waals surface area contributed by atoms with Gasteiger partial charge in [0.15, 0.2) is 0 Å². The van der Waals surface area contributed by atoms with E-state index in [1.807, 2.05) is 0 Å². The van der Waals surface area contributed by atoms with E-state index in [0.29, 0.717) is 16.3 Å². The Labute approximate surface area is 191 Å². The van der Waals surface area contributed by atoms with Gasteiger partial charge in [0, 0.05) is 11.9 Å². The van der Waals surface area contributed by atoms with Crippen LogP contribution in [0, 0.1) is 0 Å². The van der Waals surface area contributed by atoms with E-state index in [1.54, 1.807) is 42.5 Å². The van der Waals surface area contributed by atoms with E-state index in [0.717, 1.165) is 0 Å². The minimum Gasteiger partial charge on any atom is -0.475 e. The maximum atomic E-state index is 12.3. The Morgan fingerprint density at radius 2 is 1.52 bits per heavy atom. The summed E-state index contributed by atoms with van der Waals surface area (Å²) < 4.78 is 58.8. The van der Waals surface area contributed by atoms with Crippen molar-refractivity contribution in [3.8, 4) is 0 Å². The van der Waals surface area contributed by atoms with Crippen LogP contribution in [0.4, 0.5) is 24.7 Å². The van der Waals surface area contributed by atoms with Crippen LogP contribution in [0.2, 0.25) is 5.02 Å². The molecule has 1 aromatic heterocycles. The van der Waals surface area contributed by atoms with Crippen LogP contribution in [0.5, 0.6) is 0 Å². The fourth-order valence-electron chi connectivity index (χ4n) is 2.18. The highest BCUT2D eigenvalue weighted by molar-refractivity contribution is 7.92. The molecule has 33 heavy (non-hydrogen) atoms. The van der Waals surface area contributed by atoms with Crippen molar-refractivity contribution in [3.05, 3.63) is 83.5 Å². The molecule has 0 bridgehead atoms. The molecular formula is C20H15ClF3N3O5S. The van der Waals surface area contributed by atoms with Crippen molar-refractivity contribution in [2.45, 2.75) is 11.1 Å². The quantitative estimate of drug-likeness (QED) is 0.475. The number of nitrogens with zero attached hydrogens (tertiary/aromatic N) is 1. The Bertz CT molecular complexity index is 1220. The first-order valence-electron chi connectivity index (χ1n) is 8.80. The maximum Gasteiger partial charge on any atom is 0.490 e. The number of pyridine rings is 1. The number of benzene rings is 2. The fourth-order valence-corrected chi connectivity index (χ4v) is 3.41. The number of carboxylic acids is 1. The van der Waals surface area contributed by atoms with Crippen molar-refractivity contribution in [2.75, 3.05) is 10.0 Å². The Morgan fingerprint density at radius 3 is 2.03 bits per heavy atom. The number of carbonyl (C=O) groups is 2. The van der Waals surface area contributed by atoms with Crippen LogP contribution in [-0.4, -0.2) is 36.6 Å². The molecule has 3 N–H and O–H groups in total. The molecule has 0 fully saturated rings. The standard InChI is InChI=1S/C18H14ClN3O3S.C2HF3O2/c19-16-6-2-1-5-15(16)18(23)21-13-8-10-14(11-9-13)26(24,25)22-17-7-3-4-12-20-17;3-2(4,5)1(6)7/h1-12H,(H,20,22)(H,21,23);(H,6,7). The van der Waals surface area contributed by atoms with Crippen LogP contribution in [0.3, 0.4) is 0 Å². The van der Waals surface area contributed by atoms with Gasteiger partial charge >= 0.3 is 12.1 Å². The van der Waals surface area contributed by atoms with Crippen molar-refractivity contribution in [3.63, 3.8) is 0 Å². The number of alkyl halides is 3. The lowest BCUT2D eigenvalue weighted by Gasteiger charge is -2.09. The molecule has 0 saturated heterocycles. The third kappa shape index (κ3) is 7.77. The first-order chi connectivity index (χ1) is 15.4. The third-order valence-electron chi connectivity index (χ3n) is 3.69. The predicted octanol–water partition coefficient (Wildman–Crippen LogP) is 4.42. The lowest BCUT2D eigenvalue weighted by Crippen LogP contribution is -2.21. The highest BCUT2D eigenvalue weighted by Crippen LogP contribution is 2.20. The van der Waals surface area contributed by atoms with Gasteiger partial charge in [0.2, 0.25) is 0 Å². The van der Waals surface area contributed by atoms with Crippen LogP contribution in [-0.2, 0) is 14.8 Å². The molecule has 174 valence electrons. The molecule has 2 aromatic carbocycles. The molecule has 1 amide bonds. The highest BCUT2D eigenvalue weighted by Gasteiger charge is 2.38. The van der Waals surface area contributed by atoms with E-state index < -0.39 is 22.2 Å². The number of rotatable bonds is 5. The Morgan fingerprint density at radius 1 is 0.939 bits per heavy atom. The Balaban J connectivity index is 0.000000479. The number of carbonyl (C=O) groups excluding carboxylic acids is 1. The van der Waals surface area contributed by atoms with Crippen molar-refractivity contribution in [1.82, 2.24) is 4.98 Å². The fraction of sp³-hybridized carbons (Fsp3) is 0.0500. The summed E-state index contributed by atoms with van der Waals surface area (Å²) in [4.78, 5) is 25.1. The number of aromatic nitrogens is 1. The number of anilines is 2. The van der Waals surface area contributed by atoms with E-state index in [9.17, 15) is 26.4 Å². The van der Waals surface area contributed by atoms with Gasteiger partial charge < -0.3 is 10.4 Å². The second kappa shape index (κ2) is 10.8. The van der Waals surface area contributed by atoms with Gasteiger partial charge in [0.05, 0.1) is 15.5 Å². The maximum absolute atomic E-state index is 12.3. The zero-order valence-corrected chi connectivity index (χ0v) is 17.9. The number of hydrogen-bond acceptors (Lipinski definition) is 5. The zero-order valence-electron chi connectivity index (χ0n) is 16.4. The summed E-state index contributed by atoms with van der Waals surface area (Å²) in [5, 5.41) is 10.1. The second-order valence-corrected chi connectivity index (χ2v) is 8.17. The van der Waals surface area contributed by atoms with Gasteiger partial charge in [0.1, 0.15) is 5.82 Å². The SMILES string of the molecule is O=C(Nc1ccc(S(=O)(=O)Nc2ccccn2)cc1)c1ccccc1Cl.O=C(O)C(F)(F)F. The van der Waals surface area contributed by atoms with Crippen LogP contribution < -0.4 is 10.0 Å². The molecule has 0 unspecified atom stereocenters. The molecule has 0 radical (unpaired) electrons. The number of carboxylic acid groups (broad SMARTS) is 1. The van der Waals surface area contributed by atoms with Crippen molar-refractivity contribution in [2.24, 2.45) is 0 Å². The zero-order chi connectivity index (χ0) is 24.6. The highest BCUT2D eigenvalue weighted by atomic mass is 35.5. The normalized spacial score (nSPS) is 11.0. The summed E-state index contributed by atoms with van der Waals surface area (Å²) in [6, 6.07) is 17.4. The largest absolute Gasteiger partial charge is 0.490 e. The summed E-state index contributed by atoms with van der Waals surface area (Å²) in [6.45, 7) is 0. The van der Waals surface area contributed by atoms with Crippen molar-refractivity contribution in [1.29, 1.82) is 0 Å². The molecule has 8 nitrogen and oxygen atoms in total. The number of halogens is 4. The molecule has 0 atom stereocenters. The summed E-state index contributed by atoms with van der Waals surface area (Å²) in [5.41, 5.74) is 0.786. The molecule has 0 aliphatic heterocycles. The average Bonchev–Trinajstić information content (AvgIpc) is 2.74. The van der Waals surface area contributed by atoms with Gasteiger partial charge in [-0.05, 0) is 48.5 Å². The number of nitrogens with one attached hydrogen (secondary N) is 2. The average molecular weight is 502 g/mol. The molecule has 0 aliphatic carbocycles. The van der Waals surface area contributed by atoms with Crippen molar-refractivity contribution < 1.29 is 36.3 Å². The Hall–Kier alpha value is -3.64. The first-order valence-corrected chi connectivity index (χ1v) is 10.7. The second-order valence-electron chi connectivity index (χ2n) is 6.08. The monoisotopic (exact) mass is 501 g/mol. The van der Waals surface area contributed by atoms with E-state index in [1.165, 1.54) is 30.5 Å². The molecule has 13 heteroatoms. The smallest absolute Gasteiger partial charge is 0.475 e. The number of hydrogen-bond donors (Lipinski definition) is 3. The molecule has 3 aromatic rings. The molecule has 1 heterocycles. The van der Waals surface area contributed by atoms with Crippen LogP contribution in [0.15, 0.2) is 77.8 Å². The summed E-state index contributed by atoms with van der Waals surface area (Å²) >= 11 is 5.99. The van der Waals surface area contributed by atoms with E-state index in [4.69, 9.17) is 21.5 Å². The van der Waals surface area contributed by atoms with E-state index in [2.05, 4.69) is 15.0 Å². The molecule has 0 spiro atoms. The van der Waals surface area contributed by atoms with E-state index >= 15 is 0 Å². The Kier molecular flexibility index (Phi) is 8.38. The summed E-state index contributed by atoms with van der Waals surface area (Å²) in [5.74, 6) is -2.91. The van der Waals surface area contributed by atoms with Gasteiger partial charge in [-0.3, -0.25) is 9.52 Å². The minimum atomic E-state index is -5.08. The summed E-state index contributed by atoms with van der Waals surface area (Å²) in [7, 11) is -3.76. The van der Waals surface area contributed by atoms with Gasteiger partial charge in [-0.1, -0.05) is 29.8 Å². The third-order valence-corrected chi connectivity index (χ3v) is 5.39. The molecule has 3 rings (SSSR count). The molecule has 0 aliphatic rings. The number of sulfonamides is 1. The first kappa shape index (κ1) is 25.6. The van der Waals surface area contributed by atoms with Crippen LogP contribution >= 0.6 is 11.6 Å². The molecule has 0 saturated carbocycles. The van der Waals surface area contributed by atoms with Gasteiger partial charge in [-0.2, -0.15) is 13.2 Å². The van der Waals surface area contributed by atoms with Crippen LogP contribution in [0.1, 0.15) is 10.4 Å². The van der Waals surface area contributed by atoms with Crippen molar-refractivity contribution >= 4 is 45.0 Å². The summed E-state index contributed by atoms with van der Waals surface area (Å²) in [6.07, 6.45) is -3.59. The molecular weight excluding hydrogens is 487 g/mol. The van der Waals surface area contributed by atoms with Gasteiger partial charge in [-0.25, -0.2) is 18.2 Å². The van der Waals surface area contributed by atoms with Gasteiger partial charge in [-0.15, -0.1) is 0 Å². The minimum absolute atomic E-state index is 0.0545. The van der Waals surface area contributed by atoms with E-state index in [-0.39, 0.29) is 16.6 Å². The lowest BCUT2D eigenvalue weighted by atomic mass is 10.2.